The van der Waals surface area contributed by atoms with E-state index in [-0.39, 0.29) is 4.90 Å². The van der Waals surface area contributed by atoms with Crippen molar-refractivity contribution < 1.29 is 13.2 Å². The first-order valence-electron chi connectivity index (χ1n) is 5.38. The van der Waals surface area contributed by atoms with E-state index in [4.69, 9.17) is 9.88 Å². The highest BCUT2D eigenvalue weighted by atomic mass is 79.9. The summed E-state index contributed by atoms with van der Waals surface area (Å²) in [4.78, 5) is 0.101. The fraction of sp³-hybridized carbons (Fsp3) is 0.0769. The van der Waals surface area contributed by atoms with Crippen LogP contribution in [0.2, 0.25) is 0 Å². The van der Waals surface area contributed by atoms with Gasteiger partial charge in [-0.25, -0.2) is 13.6 Å². The van der Waals surface area contributed by atoms with Crippen LogP contribution in [0.25, 0.3) is 11.1 Å². The van der Waals surface area contributed by atoms with Gasteiger partial charge in [0, 0.05) is 0 Å². The number of sulfonamides is 1. The average molecular weight is 342 g/mol. The smallest absolute Gasteiger partial charge is 0.238 e. The molecule has 100 valence electrons. The third-order valence-electron chi connectivity index (χ3n) is 2.67. The highest BCUT2D eigenvalue weighted by Gasteiger charge is 2.08. The topological polar surface area (TPSA) is 69.4 Å². The second-order valence-electron chi connectivity index (χ2n) is 3.92. The van der Waals surface area contributed by atoms with E-state index in [0.717, 1.165) is 21.3 Å². The molecule has 0 aliphatic rings. The van der Waals surface area contributed by atoms with Gasteiger partial charge in [-0.1, -0.05) is 18.2 Å². The molecule has 0 saturated heterocycles. The number of hydrogen-bond acceptors (Lipinski definition) is 3. The quantitative estimate of drug-likeness (QED) is 0.933. The molecule has 0 fully saturated rings. The number of nitrogens with two attached hydrogens (primary N) is 1. The highest BCUT2D eigenvalue weighted by Crippen LogP contribution is 2.30. The molecule has 0 heterocycles. The van der Waals surface area contributed by atoms with E-state index in [2.05, 4.69) is 15.9 Å². The zero-order valence-electron chi connectivity index (χ0n) is 10.1. The molecule has 0 amide bonds. The Morgan fingerprint density at radius 1 is 1.05 bits per heavy atom. The van der Waals surface area contributed by atoms with E-state index in [1.54, 1.807) is 19.2 Å². The van der Waals surface area contributed by atoms with E-state index >= 15 is 0 Å². The van der Waals surface area contributed by atoms with Gasteiger partial charge in [0.2, 0.25) is 10.0 Å². The lowest BCUT2D eigenvalue weighted by Gasteiger charge is -2.07. The van der Waals surface area contributed by atoms with Crippen LogP contribution in [0.5, 0.6) is 5.75 Å². The zero-order valence-corrected chi connectivity index (χ0v) is 12.5. The molecule has 0 unspecified atom stereocenters. The van der Waals surface area contributed by atoms with Crippen molar-refractivity contribution in [2.24, 2.45) is 5.14 Å². The molecule has 0 saturated carbocycles. The molecule has 6 heteroatoms. The Labute approximate surface area is 120 Å². The Balaban J connectivity index is 2.40. The Kier molecular flexibility index (Phi) is 3.93. The van der Waals surface area contributed by atoms with Gasteiger partial charge >= 0.3 is 0 Å². The highest BCUT2D eigenvalue weighted by molar-refractivity contribution is 9.10. The van der Waals surface area contributed by atoms with Crippen molar-refractivity contribution in [3.05, 3.63) is 46.9 Å². The molecule has 2 rings (SSSR count). The van der Waals surface area contributed by atoms with Crippen molar-refractivity contribution in [3.8, 4) is 16.9 Å². The van der Waals surface area contributed by atoms with E-state index in [1.807, 2.05) is 18.2 Å². The summed E-state index contributed by atoms with van der Waals surface area (Å²) in [6.45, 7) is 0. The van der Waals surface area contributed by atoms with Gasteiger partial charge in [0.15, 0.2) is 0 Å². The molecule has 2 aromatic carbocycles. The number of primary sulfonamides is 1. The maximum absolute atomic E-state index is 11.2. The van der Waals surface area contributed by atoms with Crippen molar-refractivity contribution in [2.75, 3.05) is 7.11 Å². The summed E-state index contributed by atoms with van der Waals surface area (Å²) in [6, 6.07) is 12.1. The summed E-state index contributed by atoms with van der Waals surface area (Å²) in [5.74, 6) is 0.741. The molecular formula is C13H12BrNO3S. The minimum Gasteiger partial charge on any atom is -0.496 e. The largest absolute Gasteiger partial charge is 0.496 e. The van der Waals surface area contributed by atoms with E-state index in [1.165, 1.54) is 12.1 Å². The molecule has 19 heavy (non-hydrogen) atoms. The number of rotatable bonds is 3. The summed E-state index contributed by atoms with van der Waals surface area (Å²) >= 11 is 3.41. The molecule has 2 aromatic rings. The summed E-state index contributed by atoms with van der Waals surface area (Å²) in [6.07, 6.45) is 0. The van der Waals surface area contributed by atoms with Crippen molar-refractivity contribution in [3.63, 3.8) is 0 Å². The van der Waals surface area contributed by atoms with Crippen LogP contribution in [0.15, 0.2) is 51.8 Å². The Bertz CT molecular complexity index is 696. The molecule has 0 atom stereocenters. The van der Waals surface area contributed by atoms with E-state index in [0.29, 0.717) is 0 Å². The third-order valence-corrected chi connectivity index (χ3v) is 4.22. The van der Waals surface area contributed by atoms with Gasteiger partial charge < -0.3 is 4.74 Å². The lowest BCUT2D eigenvalue weighted by atomic mass is 10.1. The molecule has 4 nitrogen and oxygen atoms in total. The third kappa shape index (κ3) is 3.15. The van der Waals surface area contributed by atoms with Gasteiger partial charge in [-0.3, -0.25) is 0 Å². The molecule has 0 bridgehead atoms. The standard InChI is InChI=1S/C13H12BrNO3S/c1-18-13-7-4-10(8-12(13)14)9-2-5-11(6-3-9)19(15,16)17/h2-8H,1H3,(H2,15,16,17). The van der Waals surface area contributed by atoms with Crippen LogP contribution >= 0.6 is 15.9 Å². The maximum atomic E-state index is 11.2. The summed E-state index contributed by atoms with van der Waals surface area (Å²) in [5, 5.41) is 5.06. The van der Waals surface area contributed by atoms with Gasteiger partial charge in [-0.2, -0.15) is 0 Å². The van der Waals surface area contributed by atoms with Crippen LogP contribution < -0.4 is 9.88 Å². The summed E-state index contributed by atoms with van der Waals surface area (Å²) in [7, 11) is -2.05. The summed E-state index contributed by atoms with van der Waals surface area (Å²) in [5.41, 5.74) is 1.85. The van der Waals surface area contributed by atoms with Gasteiger partial charge in [-0.05, 0) is 51.3 Å². The lowest BCUT2D eigenvalue weighted by Crippen LogP contribution is -2.11. The maximum Gasteiger partial charge on any atom is 0.238 e. The second-order valence-corrected chi connectivity index (χ2v) is 6.33. The normalized spacial score (nSPS) is 11.3. The van der Waals surface area contributed by atoms with E-state index in [9.17, 15) is 8.42 Å². The van der Waals surface area contributed by atoms with Gasteiger partial charge in [0.1, 0.15) is 5.75 Å². The number of benzene rings is 2. The van der Waals surface area contributed by atoms with Crippen molar-refractivity contribution in [1.29, 1.82) is 0 Å². The SMILES string of the molecule is COc1ccc(-c2ccc(S(N)(=O)=O)cc2)cc1Br. The Morgan fingerprint density at radius 2 is 1.63 bits per heavy atom. The molecule has 0 spiro atoms. The fourth-order valence-electron chi connectivity index (χ4n) is 1.68. The van der Waals surface area contributed by atoms with Crippen LogP contribution in [0.4, 0.5) is 0 Å². The van der Waals surface area contributed by atoms with Gasteiger partial charge in [0.25, 0.3) is 0 Å². The minimum atomic E-state index is -3.65. The number of ether oxygens (including phenoxy) is 1. The van der Waals surface area contributed by atoms with Crippen molar-refractivity contribution >= 4 is 26.0 Å². The van der Waals surface area contributed by atoms with Crippen LogP contribution in [0, 0.1) is 0 Å². The fourth-order valence-corrected chi connectivity index (χ4v) is 2.74. The van der Waals surface area contributed by atoms with Gasteiger partial charge in [-0.15, -0.1) is 0 Å². The average Bonchev–Trinajstić information content (AvgIpc) is 2.38. The molecule has 0 radical (unpaired) electrons. The Hall–Kier alpha value is -1.37. The first kappa shape index (κ1) is 14.0. The van der Waals surface area contributed by atoms with Crippen molar-refractivity contribution in [1.82, 2.24) is 0 Å². The van der Waals surface area contributed by atoms with Crippen LogP contribution in [0.3, 0.4) is 0 Å². The van der Waals surface area contributed by atoms with Crippen molar-refractivity contribution in [2.45, 2.75) is 4.90 Å². The number of hydrogen-bond donors (Lipinski definition) is 1. The monoisotopic (exact) mass is 341 g/mol. The second kappa shape index (κ2) is 5.32. The van der Waals surface area contributed by atoms with Gasteiger partial charge in [0.05, 0.1) is 16.5 Å². The molecule has 0 aliphatic heterocycles. The van der Waals surface area contributed by atoms with Crippen LogP contribution in [-0.4, -0.2) is 15.5 Å². The predicted molar refractivity (Wildman–Crippen MR) is 77.5 cm³/mol. The van der Waals surface area contributed by atoms with Crippen LogP contribution in [-0.2, 0) is 10.0 Å². The first-order chi connectivity index (χ1) is 8.91. The number of methoxy groups -OCH3 is 1. The molecule has 0 aromatic heterocycles. The lowest BCUT2D eigenvalue weighted by molar-refractivity contribution is 0.412. The first-order valence-corrected chi connectivity index (χ1v) is 7.72. The summed E-state index contributed by atoms with van der Waals surface area (Å²) < 4.78 is 28.3. The van der Waals surface area contributed by atoms with E-state index < -0.39 is 10.0 Å². The minimum absolute atomic E-state index is 0.101. The number of halogens is 1. The van der Waals surface area contributed by atoms with Crippen LogP contribution in [0.1, 0.15) is 0 Å². The zero-order chi connectivity index (χ0) is 14.0. The Morgan fingerprint density at radius 3 is 2.11 bits per heavy atom. The predicted octanol–water partition coefficient (Wildman–Crippen LogP) is 2.77. The molecular weight excluding hydrogens is 330 g/mol. The molecule has 2 N–H and O–H groups in total. The molecule has 0 aliphatic carbocycles.